The maximum absolute atomic E-state index is 12.8. The Hall–Kier alpha value is -2.19. The first-order chi connectivity index (χ1) is 15.0. The van der Waals surface area contributed by atoms with Crippen LogP contribution in [0.1, 0.15) is 43.4 Å². The highest BCUT2D eigenvalue weighted by atomic mass is 32.2. The molecule has 0 N–H and O–H groups in total. The molecule has 1 aliphatic rings. The molecular weight excluding hydrogens is 439 g/mol. The van der Waals surface area contributed by atoms with Crippen molar-refractivity contribution in [3.63, 3.8) is 0 Å². The summed E-state index contributed by atoms with van der Waals surface area (Å²) in [4.78, 5) is 15.4. The molecule has 0 saturated carbocycles. The number of carbonyl (C=O) groups excluding carboxylic acids is 1. The number of ether oxygens (including phenoxy) is 2. The molecule has 0 spiro atoms. The topological polar surface area (TPSA) is 38.8 Å². The molecule has 3 rings (SSSR count). The normalized spacial score (nSPS) is 19.3. The molecule has 1 saturated heterocycles. The van der Waals surface area contributed by atoms with Crippen LogP contribution in [-0.4, -0.2) is 42.0 Å². The Morgan fingerprint density at radius 2 is 1.66 bits per heavy atom. The van der Waals surface area contributed by atoms with Crippen molar-refractivity contribution >= 4 is 17.9 Å². The van der Waals surface area contributed by atoms with E-state index in [9.17, 15) is 18.0 Å². The fraction of sp³-hybridized carbons (Fsp3) is 0.458. The van der Waals surface area contributed by atoms with Crippen LogP contribution in [0.25, 0.3) is 0 Å². The van der Waals surface area contributed by atoms with Gasteiger partial charge in [-0.2, -0.15) is 13.2 Å². The Bertz CT molecular complexity index is 908. The van der Waals surface area contributed by atoms with Gasteiger partial charge in [0.25, 0.3) is 0 Å². The van der Waals surface area contributed by atoms with Gasteiger partial charge in [0.05, 0.1) is 24.8 Å². The summed E-state index contributed by atoms with van der Waals surface area (Å²) in [5.74, 6) is -0.0622. The summed E-state index contributed by atoms with van der Waals surface area (Å²) in [6.45, 7) is 6.41. The second-order valence-electron chi connectivity index (χ2n) is 8.81. The van der Waals surface area contributed by atoms with E-state index in [4.69, 9.17) is 9.47 Å². The number of nitrogens with zero attached hydrogens (tertiary/aromatic N) is 1. The number of likely N-dealkylation sites (tertiary alicyclic amines) is 1. The van der Waals surface area contributed by atoms with Gasteiger partial charge in [-0.15, -0.1) is 11.8 Å². The minimum atomic E-state index is -4.37. The standard InChI is InChI=1S/C24H28F3NO3S/c1-23(2,3)31-22(29)28-13-20(17-7-11-19(32-4)12-8-17)21(14-28)30-15-16-5-9-18(10-6-16)24(25,26)27/h5-12,20-21H,13-15H2,1-4H3/t20-,21+/m0/s1. The summed E-state index contributed by atoms with van der Waals surface area (Å²) in [7, 11) is 0. The molecule has 2 aromatic rings. The van der Waals surface area contributed by atoms with E-state index in [2.05, 4.69) is 0 Å². The third kappa shape index (κ3) is 6.42. The highest BCUT2D eigenvalue weighted by molar-refractivity contribution is 7.98. The molecule has 0 aromatic heterocycles. The molecule has 174 valence electrons. The third-order valence-corrected chi connectivity index (χ3v) is 5.95. The van der Waals surface area contributed by atoms with Gasteiger partial charge in [-0.3, -0.25) is 0 Å². The Labute approximate surface area is 191 Å². The van der Waals surface area contributed by atoms with E-state index in [0.29, 0.717) is 18.7 Å². The summed E-state index contributed by atoms with van der Waals surface area (Å²) in [5.41, 5.74) is 0.396. The fourth-order valence-electron chi connectivity index (χ4n) is 3.58. The second kappa shape index (κ2) is 9.75. The zero-order valence-corrected chi connectivity index (χ0v) is 19.4. The van der Waals surface area contributed by atoms with Crippen molar-refractivity contribution in [3.8, 4) is 0 Å². The first kappa shape index (κ1) is 24.5. The number of amides is 1. The summed E-state index contributed by atoms with van der Waals surface area (Å²) in [6, 6.07) is 13.1. The molecule has 1 aliphatic heterocycles. The minimum absolute atomic E-state index is 0.0622. The van der Waals surface area contributed by atoms with Gasteiger partial charge >= 0.3 is 12.3 Å². The lowest BCUT2D eigenvalue weighted by Gasteiger charge is -2.24. The molecule has 8 heteroatoms. The molecule has 1 heterocycles. The van der Waals surface area contributed by atoms with E-state index in [-0.39, 0.29) is 18.6 Å². The van der Waals surface area contributed by atoms with Gasteiger partial charge in [-0.25, -0.2) is 4.79 Å². The van der Waals surface area contributed by atoms with E-state index in [1.54, 1.807) is 16.7 Å². The fourth-order valence-corrected chi connectivity index (χ4v) is 3.99. The van der Waals surface area contributed by atoms with E-state index in [1.807, 2.05) is 51.3 Å². The number of hydrogen-bond acceptors (Lipinski definition) is 4. The second-order valence-corrected chi connectivity index (χ2v) is 9.69. The van der Waals surface area contributed by atoms with Crippen LogP contribution in [0.5, 0.6) is 0 Å². The van der Waals surface area contributed by atoms with E-state index in [1.165, 1.54) is 12.1 Å². The van der Waals surface area contributed by atoms with Crippen molar-refractivity contribution in [2.24, 2.45) is 0 Å². The van der Waals surface area contributed by atoms with Crippen LogP contribution in [0.2, 0.25) is 0 Å². The lowest BCUT2D eigenvalue weighted by molar-refractivity contribution is -0.137. The zero-order valence-electron chi connectivity index (χ0n) is 18.6. The van der Waals surface area contributed by atoms with Crippen LogP contribution in [0.15, 0.2) is 53.4 Å². The van der Waals surface area contributed by atoms with E-state index < -0.39 is 23.4 Å². The van der Waals surface area contributed by atoms with Gasteiger partial charge in [0.2, 0.25) is 0 Å². The van der Waals surface area contributed by atoms with Crippen molar-refractivity contribution in [2.75, 3.05) is 19.3 Å². The number of carbonyl (C=O) groups is 1. The molecule has 0 unspecified atom stereocenters. The Balaban J connectivity index is 1.74. The summed E-state index contributed by atoms with van der Waals surface area (Å²) in [5, 5.41) is 0. The van der Waals surface area contributed by atoms with Crippen LogP contribution in [-0.2, 0) is 22.3 Å². The van der Waals surface area contributed by atoms with Crippen molar-refractivity contribution in [2.45, 2.75) is 56.1 Å². The number of hydrogen-bond donors (Lipinski definition) is 0. The third-order valence-electron chi connectivity index (χ3n) is 5.21. The van der Waals surface area contributed by atoms with E-state index in [0.717, 1.165) is 22.6 Å². The zero-order chi connectivity index (χ0) is 23.5. The molecule has 4 nitrogen and oxygen atoms in total. The molecule has 2 aromatic carbocycles. The average molecular weight is 468 g/mol. The Morgan fingerprint density at radius 3 is 2.19 bits per heavy atom. The minimum Gasteiger partial charge on any atom is -0.444 e. The van der Waals surface area contributed by atoms with Crippen molar-refractivity contribution < 1.29 is 27.4 Å². The lowest BCUT2D eigenvalue weighted by atomic mass is 9.96. The molecule has 2 atom stereocenters. The quantitative estimate of drug-likeness (QED) is 0.481. The molecule has 32 heavy (non-hydrogen) atoms. The molecule has 1 amide bonds. The molecule has 1 fully saturated rings. The van der Waals surface area contributed by atoms with Crippen LogP contribution in [0, 0.1) is 0 Å². The van der Waals surface area contributed by atoms with Crippen LogP contribution in [0.4, 0.5) is 18.0 Å². The smallest absolute Gasteiger partial charge is 0.416 e. The van der Waals surface area contributed by atoms with Gasteiger partial charge in [-0.1, -0.05) is 24.3 Å². The molecule has 0 bridgehead atoms. The first-order valence-electron chi connectivity index (χ1n) is 10.4. The highest BCUT2D eigenvalue weighted by Gasteiger charge is 2.38. The Morgan fingerprint density at radius 1 is 1.03 bits per heavy atom. The summed E-state index contributed by atoms with van der Waals surface area (Å²) in [6.07, 6.45) is -3.06. The predicted octanol–water partition coefficient (Wildman–Crippen LogP) is 6.35. The number of halogens is 3. The number of benzene rings is 2. The van der Waals surface area contributed by atoms with Gasteiger partial charge in [0.1, 0.15) is 5.60 Å². The first-order valence-corrected chi connectivity index (χ1v) is 11.6. The van der Waals surface area contributed by atoms with Crippen LogP contribution in [0.3, 0.4) is 0 Å². The van der Waals surface area contributed by atoms with Crippen molar-refractivity contribution in [3.05, 3.63) is 65.2 Å². The van der Waals surface area contributed by atoms with Gasteiger partial charge in [-0.05, 0) is 62.4 Å². The number of alkyl halides is 3. The predicted molar refractivity (Wildman–Crippen MR) is 119 cm³/mol. The summed E-state index contributed by atoms with van der Waals surface area (Å²) < 4.78 is 50.0. The largest absolute Gasteiger partial charge is 0.444 e. The highest BCUT2D eigenvalue weighted by Crippen LogP contribution is 2.33. The molecule has 0 radical (unpaired) electrons. The summed E-state index contributed by atoms with van der Waals surface area (Å²) >= 11 is 1.65. The van der Waals surface area contributed by atoms with Gasteiger partial charge in [0.15, 0.2) is 0 Å². The van der Waals surface area contributed by atoms with Crippen molar-refractivity contribution in [1.82, 2.24) is 4.90 Å². The SMILES string of the molecule is CSc1ccc([C@@H]2CN(C(=O)OC(C)(C)C)C[C@H]2OCc2ccc(C(F)(F)F)cc2)cc1. The molecule has 0 aliphatic carbocycles. The maximum Gasteiger partial charge on any atom is 0.416 e. The Kier molecular flexibility index (Phi) is 7.45. The van der Waals surface area contributed by atoms with Crippen LogP contribution >= 0.6 is 11.8 Å². The lowest BCUT2D eigenvalue weighted by Crippen LogP contribution is -2.36. The number of rotatable bonds is 5. The number of thioether (sulfide) groups is 1. The van der Waals surface area contributed by atoms with Gasteiger partial charge in [0, 0.05) is 17.4 Å². The van der Waals surface area contributed by atoms with E-state index >= 15 is 0 Å². The monoisotopic (exact) mass is 467 g/mol. The van der Waals surface area contributed by atoms with Crippen molar-refractivity contribution in [1.29, 1.82) is 0 Å². The maximum atomic E-state index is 12.8. The van der Waals surface area contributed by atoms with Gasteiger partial charge < -0.3 is 14.4 Å². The average Bonchev–Trinajstić information content (AvgIpc) is 3.15. The van der Waals surface area contributed by atoms with Crippen LogP contribution < -0.4 is 0 Å². The molecular formula is C24H28F3NO3S.